The number of ether oxygens (including phenoxy) is 1. The van der Waals surface area contributed by atoms with Crippen molar-refractivity contribution in [2.45, 2.75) is 32.4 Å². The number of hydrogen-bond acceptors (Lipinski definition) is 3. The van der Waals surface area contributed by atoms with Crippen LogP contribution in [0.15, 0.2) is 24.3 Å². The minimum Gasteiger partial charge on any atom is -0.497 e. The van der Waals surface area contributed by atoms with Crippen LogP contribution in [0.25, 0.3) is 0 Å². The van der Waals surface area contributed by atoms with Crippen LogP contribution in [-0.2, 0) is 4.79 Å². The fourth-order valence-corrected chi connectivity index (χ4v) is 1.57. The minimum absolute atomic E-state index is 0.0212. The molecule has 0 radical (unpaired) electrons. The predicted octanol–water partition coefficient (Wildman–Crippen LogP) is 1.61. The number of amides is 1. The Hall–Kier alpha value is -1.55. The van der Waals surface area contributed by atoms with Crippen LogP contribution in [0.1, 0.15) is 31.9 Å². The van der Waals surface area contributed by atoms with E-state index in [1.165, 1.54) is 0 Å². The molecular weight excluding hydrogens is 216 g/mol. The van der Waals surface area contributed by atoms with Crippen molar-refractivity contribution in [3.05, 3.63) is 29.8 Å². The van der Waals surface area contributed by atoms with Crippen LogP contribution < -0.4 is 15.8 Å². The number of carbonyl (C=O) groups is 1. The lowest BCUT2D eigenvalue weighted by atomic mass is 10.1. The summed E-state index contributed by atoms with van der Waals surface area (Å²) in [6, 6.07) is 7.50. The lowest BCUT2D eigenvalue weighted by Crippen LogP contribution is -2.31. The third kappa shape index (κ3) is 4.44. The van der Waals surface area contributed by atoms with Crippen molar-refractivity contribution >= 4 is 5.91 Å². The fourth-order valence-electron chi connectivity index (χ4n) is 1.57. The van der Waals surface area contributed by atoms with E-state index in [-0.39, 0.29) is 18.0 Å². The highest BCUT2D eigenvalue weighted by atomic mass is 16.5. The van der Waals surface area contributed by atoms with Crippen LogP contribution in [0.5, 0.6) is 5.75 Å². The van der Waals surface area contributed by atoms with Crippen molar-refractivity contribution in [3.63, 3.8) is 0 Å². The highest BCUT2D eigenvalue weighted by molar-refractivity contribution is 5.76. The second-order valence-corrected chi connectivity index (χ2v) is 4.24. The van der Waals surface area contributed by atoms with E-state index < -0.39 is 0 Å². The minimum atomic E-state index is -0.113. The lowest BCUT2D eigenvalue weighted by Gasteiger charge is -2.15. The number of benzene rings is 1. The Bertz CT molecular complexity index is 360. The van der Waals surface area contributed by atoms with E-state index in [1.54, 1.807) is 7.11 Å². The highest BCUT2D eigenvalue weighted by Crippen LogP contribution is 2.17. The molecule has 0 fully saturated rings. The number of carbonyl (C=O) groups excluding carboxylic acids is 1. The zero-order chi connectivity index (χ0) is 12.8. The molecule has 1 amide bonds. The number of nitrogens with two attached hydrogens (primary N) is 1. The first kappa shape index (κ1) is 13.5. The second kappa shape index (κ2) is 6.25. The summed E-state index contributed by atoms with van der Waals surface area (Å²) < 4.78 is 5.08. The highest BCUT2D eigenvalue weighted by Gasteiger charge is 2.10. The molecular formula is C13H20N2O2. The van der Waals surface area contributed by atoms with Crippen molar-refractivity contribution in [2.24, 2.45) is 5.73 Å². The van der Waals surface area contributed by atoms with Gasteiger partial charge in [-0.25, -0.2) is 0 Å². The average Bonchev–Trinajstić information content (AvgIpc) is 2.28. The number of hydrogen-bond donors (Lipinski definition) is 2. The molecule has 3 N–H and O–H groups in total. The molecule has 1 unspecified atom stereocenters. The van der Waals surface area contributed by atoms with E-state index in [4.69, 9.17) is 10.5 Å². The van der Waals surface area contributed by atoms with Gasteiger partial charge in [0, 0.05) is 12.5 Å². The van der Waals surface area contributed by atoms with E-state index >= 15 is 0 Å². The summed E-state index contributed by atoms with van der Waals surface area (Å²) >= 11 is 0. The monoisotopic (exact) mass is 236 g/mol. The van der Waals surface area contributed by atoms with Crippen molar-refractivity contribution in [2.75, 3.05) is 7.11 Å². The van der Waals surface area contributed by atoms with E-state index in [1.807, 2.05) is 38.1 Å². The second-order valence-electron chi connectivity index (χ2n) is 4.24. The van der Waals surface area contributed by atoms with E-state index in [9.17, 15) is 4.79 Å². The van der Waals surface area contributed by atoms with Gasteiger partial charge in [0.15, 0.2) is 0 Å². The molecule has 0 aliphatic carbocycles. The molecule has 0 aliphatic heterocycles. The van der Waals surface area contributed by atoms with Gasteiger partial charge in [0.2, 0.25) is 5.91 Å². The first-order valence-electron chi connectivity index (χ1n) is 5.72. The first-order chi connectivity index (χ1) is 8.02. The van der Waals surface area contributed by atoms with Gasteiger partial charge < -0.3 is 15.8 Å². The Morgan fingerprint density at radius 2 is 1.94 bits per heavy atom. The third-order valence-corrected chi connectivity index (χ3v) is 2.50. The molecule has 0 aliphatic rings. The van der Waals surface area contributed by atoms with Gasteiger partial charge in [0.25, 0.3) is 0 Å². The summed E-state index contributed by atoms with van der Waals surface area (Å²) in [4.78, 5) is 11.5. The number of methoxy groups -OCH3 is 1. The molecule has 0 saturated carbocycles. The lowest BCUT2D eigenvalue weighted by molar-refractivity contribution is -0.122. The summed E-state index contributed by atoms with van der Waals surface area (Å²) in [6.07, 6.45) is 0.348. The van der Waals surface area contributed by atoms with Gasteiger partial charge in [-0.15, -0.1) is 0 Å². The van der Waals surface area contributed by atoms with Crippen molar-refractivity contribution in [3.8, 4) is 5.75 Å². The Morgan fingerprint density at radius 3 is 2.41 bits per heavy atom. The number of rotatable bonds is 5. The molecule has 2 atom stereocenters. The molecule has 1 rings (SSSR count). The molecule has 0 bridgehead atoms. The Kier molecular flexibility index (Phi) is 4.97. The quantitative estimate of drug-likeness (QED) is 0.816. The van der Waals surface area contributed by atoms with Crippen molar-refractivity contribution in [1.29, 1.82) is 0 Å². The Balaban J connectivity index is 2.56. The van der Waals surface area contributed by atoms with Crippen LogP contribution in [0, 0.1) is 0 Å². The van der Waals surface area contributed by atoms with Gasteiger partial charge in [-0.05, 0) is 31.5 Å². The summed E-state index contributed by atoms with van der Waals surface area (Å²) in [5.41, 5.74) is 6.61. The molecule has 1 aromatic rings. The van der Waals surface area contributed by atoms with Gasteiger partial charge in [-0.1, -0.05) is 12.1 Å². The zero-order valence-corrected chi connectivity index (χ0v) is 10.6. The molecule has 0 aromatic heterocycles. The number of nitrogens with one attached hydrogen (secondary N) is 1. The smallest absolute Gasteiger partial charge is 0.222 e. The van der Waals surface area contributed by atoms with Crippen LogP contribution in [0.4, 0.5) is 0 Å². The third-order valence-electron chi connectivity index (χ3n) is 2.50. The molecule has 0 spiro atoms. The van der Waals surface area contributed by atoms with Crippen LogP contribution in [0.3, 0.4) is 0 Å². The van der Waals surface area contributed by atoms with Gasteiger partial charge in [-0.3, -0.25) is 4.79 Å². The Labute approximate surface area is 102 Å². The van der Waals surface area contributed by atoms with Crippen molar-refractivity contribution < 1.29 is 9.53 Å². The molecule has 17 heavy (non-hydrogen) atoms. The van der Waals surface area contributed by atoms with E-state index in [2.05, 4.69) is 5.32 Å². The average molecular weight is 236 g/mol. The van der Waals surface area contributed by atoms with Gasteiger partial charge in [0.05, 0.1) is 13.2 Å². The zero-order valence-electron chi connectivity index (χ0n) is 10.6. The normalized spacial score (nSPS) is 13.9. The maximum atomic E-state index is 11.5. The molecule has 1 aromatic carbocycles. The predicted molar refractivity (Wildman–Crippen MR) is 67.8 cm³/mol. The molecule has 0 saturated heterocycles. The SMILES string of the molecule is COc1ccc([C@@H](C)NC(=O)CC(C)N)cc1. The molecule has 0 heterocycles. The summed E-state index contributed by atoms with van der Waals surface area (Å²) in [6.45, 7) is 3.76. The Morgan fingerprint density at radius 1 is 1.35 bits per heavy atom. The van der Waals surface area contributed by atoms with Gasteiger partial charge in [-0.2, -0.15) is 0 Å². The summed E-state index contributed by atoms with van der Waals surface area (Å²) in [5, 5.41) is 2.91. The van der Waals surface area contributed by atoms with E-state index in [0.29, 0.717) is 6.42 Å². The van der Waals surface area contributed by atoms with Crippen LogP contribution >= 0.6 is 0 Å². The van der Waals surface area contributed by atoms with Gasteiger partial charge in [0.1, 0.15) is 5.75 Å². The first-order valence-corrected chi connectivity index (χ1v) is 5.72. The van der Waals surface area contributed by atoms with Crippen LogP contribution in [-0.4, -0.2) is 19.1 Å². The maximum Gasteiger partial charge on any atom is 0.222 e. The molecule has 4 nitrogen and oxygen atoms in total. The largest absolute Gasteiger partial charge is 0.497 e. The van der Waals surface area contributed by atoms with E-state index in [0.717, 1.165) is 11.3 Å². The summed E-state index contributed by atoms with van der Waals surface area (Å²) in [7, 11) is 1.63. The summed E-state index contributed by atoms with van der Waals surface area (Å²) in [5.74, 6) is 0.783. The maximum absolute atomic E-state index is 11.5. The van der Waals surface area contributed by atoms with Crippen molar-refractivity contribution in [1.82, 2.24) is 5.32 Å². The fraction of sp³-hybridized carbons (Fsp3) is 0.462. The topological polar surface area (TPSA) is 64.3 Å². The molecule has 94 valence electrons. The van der Waals surface area contributed by atoms with Gasteiger partial charge >= 0.3 is 0 Å². The molecule has 4 heteroatoms. The standard InChI is InChI=1S/C13H20N2O2/c1-9(14)8-13(16)15-10(2)11-4-6-12(17-3)7-5-11/h4-7,9-10H,8,14H2,1-3H3,(H,15,16)/t9?,10-/m1/s1. The van der Waals surface area contributed by atoms with Crippen LogP contribution in [0.2, 0.25) is 0 Å².